The molecule has 0 spiro atoms. The zero-order valence-corrected chi connectivity index (χ0v) is 11.1. The number of carbonyl (C=O) groups is 1. The molecule has 19 heavy (non-hydrogen) atoms. The van der Waals surface area contributed by atoms with Gasteiger partial charge in [-0.05, 0) is 17.9 Å². The number of carbonyl (C=O) groups excluding carboxylic acids is 1. The Balaban J connectivity index is 2.08. The Hall–Kier alpha value is -2.26. The minimum Gasteiger partial charge on any atom is -0.310 e. The van der Waals surface area contributed by atoms with Gasteiger partial charge in [0.15, 0.2) is 0 Å². The molecule has 96 valence electrons. The third-order valence-corrected chi connectivity index (χ3v) is 3.41. The molecule has 2 aromatic rings. The van der Waals surface area contributed by atoms with Crippen LogP contribution in [0.15, 0.2) is 35.4 Å². The number of aromatic amines is 1. The summed E-state index contributed by atoms with van der Waals surface area (Å²) in [5.41, 5.74) is 1.29. The van der Waals surface area contributed by atoms with Crippen LogP contribution in [0, 0.1) is 11.3 Å². The van der Waals surface area contributed by atoms with Gasteiger partial charge in [-0.25, -0.2) is 0 Å². The first-order valence-corrected chi connectivity index (χ1v) is 6.82. The second-order valence-corrected chi connectivity index (χ2v) is 4.66. The summed E-state index contributed by atoms with van der Waals surface area (Å²) in [4.78, 5) is 13.0. The predicted molar refractivity (Wildman–Crippen MR) is 73.9 cm³/mol. The number of benzene rings is 1. The van der Waals surface area contributed by atoms with Gasteiger partial charge in [0.2, 0.25) is 5.91 Å². The highest BCUT2D eigenvalue weighted by Crippen LogP contribution is 2.20. The van der Waals surface area contributed by atoms with E-state index in [-0.39, 0.29) is 12.3 Å². The fourth-order valence-corrected chi connectivity index (χ4v) is 2.29. The quantitative estimate of drug-likeness (QED) is 0.836. The van der Waals surface area contributed by atoms with Crippen LogP contribution in [0.1, 0.15) is 11.1 Å². The lowest BCUT2D eigenvalue weighted by molar-refractivity contribution is -0.115. The van der Waals surface area contributed by atoms with Gasteiger partial charge in [0.1, 0.15) is 17.5 Å². The summed E-state index contributed by atoms with van der Waals surface area (Å²) >= 11 is 1.60. The van der Waals surface area contributed by atoms with Gasteiger partial charge >= 0.3 is 0 Å². The maximum absolute atomic E-state index is 11.9. The molecule has 5 nitrogen and oxygen atoms in total. The van der Waals surface area contributed by atoms with E-state index in [0.29, 0.717) is 11.4 Å². The standard InChI is InChI=1S/C13H12N4OS/c1-19-11-5-3-2-4-9(11)6-12(18)16-13-10(7-14)8-15-17-13/h2-5,8H,6H2,1H3,(H2,15,16,17,18). The number of hydrogen-bond acceptors (Lipinski definition) is 4. The molecule has 2 N–H and O–H groups in total. The van der Waals surface area contributed by atoms with E-state index in [2.05, 4.69) is 15.5 Å². The Bertz CT molecular complexity index is 630. The lowest BCUT2D eigenvalue weighted by atomic mass is 10.1. The molecule has 0 saturated carbocycles. The van der Waals surface area contributed by atoms with Gasteiger partial charge in [0.05, 0.1) is 12.6 Å². The molecule has 1 aromatic heterocycles. The fraction of sp³-hybridized carbons (Fsp3) is 0.154. The Morgan fingerprint density at radius 1 is 1.53 bits per heavy atom. The van der Waals surface area contributed by atoms with E-state index in [9.17, 15) is 4.79 Å². The van der Waals surface area contributed by atoms with Crippen molar-refractivity contribution in [2.75, 3.05) is 11.6 Å². The van der Waals surface area contributed by atoms with Crippen molar-refractivity contribution in [1.82, 2.24) is 10.2 Å². The van der Waals surface area contributed by atoms with Crippen LogP contribution in [0.2, 0.25) is 0 Å². The van der Waals surface area contributed by atoms with Crippen molar-refractivity contribution < 1.29 is 4.79 Å². The van der Waals surface area contributed by atoms with Crippen LogP contribution >= 0.6 is 11.8 Å². The van der Waals surface area contributed by atoms with Crippen LogP contribution in [-0.2, 0) is 11.2 Å². The molecule has 0 fully saturated rings. The van der Waals surface area contributed by atoms with Crippen molar-refractivity contribution in [2.24, 2.45) is 0 Å². The third-order valence-electron chi connectivity index (χ3n) is 2.57. The van der Waals surface area contributed by atoms with Crippen molar-refractivity contribution in [3.8, 4) is 6.07 Å². The van der Waals surface area contributed by atoms with Gasteiger partial charge in [-0.3, -0.25) is 9.89 Å². The second-order valence-electron chi connectivity index (χ2n) is 3.81. The average Bonchev–Trinajstić information content (AvgIpc) is 2.86. The Labute approximate surface area is 115 Å². The number of nitrogens with one attached hydrogen (secondary N) is 2. The highest BCUT2D eigenvalue weighted by atomic mass is 32.2. The van der Waals surface area contributed by atoms with Crippen LogP contribution in [0.3, 0.4) is 0 Å². The zero-order valence-electron chi connectivity index (χ0n) is 10.3. The van der Waals surface area contributed by atoms with Crippen LogP contribution in [0.4, 0.5) is 5.82 Å². The Kier molecular flexibility index (Phi) is 4.21. The van der Waals surface area contributed by atoms with E-state index < -0.39 is 0 Å². The van der Waals surface area contributed by atoms with E-state index in [1.807, 2.05) is 36.6 Å². The Morgan fingerprint density at radius 2 is 2.32 bits per heavy atom. The highest BCUT2D eigenvalue weighted by Gasteiger charge is 2.11. The molecule has 1 aromatic carbocycles. The first kappa shape index (κ1) is 13.2. The van der Waals surface area contributed by atoms with Gasteiger partial charge in [-0.1, -0.05) is 18.2 Å². The third kappa shape index (κ3) is 3.14. The van der Waals surface area contributed by atoms with Gasteiger partial charge in [0.25, 0.3) is 0 Å². The van der Waals surface area contributed by atoms with E-state index in [4.69, 9.17) is 5.26 Å². The smallest absolute Gasteiger partial charge is 0.230 e. The number of aromatic nitrogens is 2. The number of rotatable bonds is 4. The van der Waals surface area contributed by atoms with E-state index >= 15 is 0 Å². The van der Waals surface area contributed by atoms with Gasteiger partial charge in [-0.2, -0.15) is 10.4 Å². The zero-order chi connectivity index (χ0) is 13.7. The number of thioether (sulfide) groups is 1. The van der Waals surface area contributed by atoms with Crippen molar-refractivity contribution >= 4 is 23.5 Å². The van der Waals surface area contributed by atoms with Crippen LogP contribution in [-0.4, -0.2) is 22.4 Å². The SMILES string of the molecule is CSc1ccccc1CC(=O)Nc1[nH]ncc1C#N. The predicted octanol–water partition coefficient (Wildman–Crippen LogP) is 2.18. The molecule has 0 atom stereocenters. The van der Waals surface area contributed by atoms with Crippen molar-refractivity contribution in [3.05, 3.63) is 41.6 Å². The van der Waals surface area contributed by atoms with Crippen molar-refractivity contribution in [2.45, 2.75) is 11.3 Å². The summed E-state index contributed by atoms with van der Waals surface area (Å²) in [5.74, 6) is 0.163. The molecule has 6 heteroatoms. The number of nitriles is 1. The molecule has 1 heterocycles. The molecule has 0 unspecified atom stereocenters. The summed E-state index contributed by atoms with van der Waals surface area (Å²) < 4.78 is 0. The summed E-state index contributed by atoms with van der Waals surface area (Å²) in [6.07, 6.45) is 3.62. The second kappa shape index (κ2) is 6.07. The summed E-state index contributed by atoms with van der Waals surface area (Å²) in [5, 5.41) is 17.8. The highest BCUT2D eigenvalue weighted by molar-refractivity contribution is 7.98. The summed E-state index contributed by atoms with van der Waals surface area (Å²) in [7, 11) is 0. The molecule has 2 rings (SSSR count). The number of nitrogens with zero attached hydrogens (tertiary/aromatic N) is 2. The first-order valence-electron chi connectivity index (χ1n) is 5.60. The maximum Gasteiger partial charge on any atom is 0.230 e. The topological polar surface area (TPSA) is 81.6 Å². The van der Waals surface area contributed by atoms with Crippen molar-refractivity contribution in [3.63, 3.8) is 0 Å². The van der Waals surface area contributed by atoms with Crippen LogP contribution < -0.4 is 5.32 Å². The first-order chi connectivity index (χ1) is 9.24. The average molecular weight is 272 g/mol. The van der Waals surface area contributed by atoms with E-state index in [1.54, 1.807) is 11.8 Å². The molecule has 0 radical (unpaired) electrons. The van der Waals surface area contributed by atoms with Gasteiger partial charge in [-0.15, -0.1) is 11.8 Å². The molecule has 0 aliphatic heterocycles. The largest absolute Gasteiger partial charge is 0.310 e. The lowest BCUT2D eigenvalue weighted by Crippen LogP contribution is -2.15. The molecule has 0 aliphatic carbocycles. The number of amides is 1. The minimum atomic E-state index is -0.178. The molecular weight excluding hydrogens is 260 g/mol. The van der Waals surface area contributed by atoms with Gasteiger partial charge in [0, 0.05) is 4.90 Å². The molecule has 0 aliphatic rings. The lowest BCUT2D eigenvalue weighted by Gasteiger charge is -2.07. The van der Waals surface area contributed by atoms with Crippen molar-refractivity contribution in [1.29, 1.82) is 5.26 Å². The number of hydrogen-bond donors (Lipinski definition) is 2. The van der Waals surface area contributed by atoms with Crippen LogP contribution in [0.5, 0.6) is 0 Å². The van der Waals surface area contributed by atoms with Crippen LogP contribution in [0.25, 0.3) is 0 Å². The Morgan fingerprint density at radius 3 is 3.05 bits per heavy atom. The minimum absolute atomic E-state index is 0.178. The molecular formula is C13H12N4OS. The molecule has 1 amide bonds. The fourth-order valence-electron chi connectivity index (χ4n) is 1.67. The summed E-state index contributed by atoms with van der Waals surface area (Å²) in [6.45, 7) is 0. The van der Waals surface area contributed by atoms with E-state index in [1.165, 1.54) is 6.20 Å². The molecule has 0 bridgehead atoms. The normalized spacial score (nSPS) is 9.89. The monoisotopic (exact) mass is 272 g/mol. The number of anilines is 1. The summed E-state index contributed by atoms with van der Waals surface area (Å²) in [6, 6.07) is 9.69. The van der Waals surface area contributed by atoms with Gasteiger partial charge < -0.3 is 5.32 Å². The van der Waals surface area contributed by atoms with E-state index in [0.717, 1.165) is 10.5 Å². The number of H-pyrrole nitrogens is 1. The maximum atomic E-state index is 11.9. The molecule has 0 saturated heterocycles.